The maximum Gasteiger partial charge on any atom is 0.472 e. The van der Waals surface area contributed by atoms with Crippen LogP contribution >= 0.6 is 7.82 Å². The van der Waals surface area contributed by atoms with Crippen LogP contribution in [0.2, 0.25) is 0 Å². The minimum atomic E-state index is -4.40. The first-order valence-corrected chi connectivity index (χ1v) is 24.2. The van der Waals surface area contributed by atoms with E-state index in [9.17, 15) is 19.0 Å². The molecule has 0 saturated carbocycles. The third kappa shape index (κ3) is 43.0. The van der Waals surface area contributed by atoms with Gasteiger partial charge in [0.05, 0.1) is 27.7 Å². The van der Waals surface area contributed by atoms with E-state index in [1.807, 2.05) is 27.2 Å². The fourth-order valence-electron chi connectivity index (χ4n) is 5.63. The summed E-state index contributed by atoms with van der Waals surface area (Å²) in [6.07, 6.45) is 49.7. The van der Waals surface area contributed by atoms with E-state index >= 15 is 0 Å². The summed E-state index contributed by atoms with van der Waals surface area (Å²) in [6.45, 7) is 4.28. The van der Waals surface area contributed by atoms with Gasteiger partial charge in [-0.3, -0.25) is 18.6 Å². The third-order valence-electron chi connectivity index (χ3n) is 9.21. The zero-order chi connectivity index (χ0) is 42.8. The van der Waals surface area contributed by atoms with Gasteiger partial charge in [0.15, 0.2) is 6.10 Å². The summed E-state index contributed by atoms with van der Waals surface area (Å²) in [6, 6.07) is 0. The first-order valence-electron chi connectivity index (χ1n) is 22.7. The number of allylic oxidation sites excluding steroid dienone is 12. The lowest BCUT2D eigenvalue weighted by Crippen LogP contribution is -2.37. The fourth-order valence-corrected chi connectivity index (χ4v) is 6.37. The van der Waals surface area contributed by atoms with E-state index in [0.29, 0.717) is 30.3 Å². The van der Waals surface area contributed by atoms with Crippen LogP contribution in [-0.2, 0) is 32.7 Å². The summed E-state index contributed by atoms with van der Waals surface area (Å²) < 4.78 is 34.2. The molecular weight excluding hydrogens is 750 g/mol. The summed E-state index contributed by atoms with van der Waals surface area (Å²) in [5.74, 6) is -0.926. The van der Waals surface area contributed by atoms with Gasteiger partial charge in [-0.05, 0) is 77.0 Å². The average Bonchev–Trinajstić information content (AvgIpc) is 3.17. The largest absolute Gasteiger partial charge is 0.472 e. The molecule has 58 heavy (non-hydrogen) atoms. The first kappa shape index (κ1) is 55.5. The van der Waals surface area contributed by atoms with Gasteiger partial charge in [-0.15, -0.1) is 0 Å². The summed E-state index contributed by atoms with van der Waals surface area (Å²) in [4.78, 5) is 35.3. The Hall–Kier alpha value is -2.55. The second-order valence-corrected chi connectivity index (χ2v) is 17.5. The number of rotatable bonds is 40. The minimum absolute atomic E-state index is 0.0117. The van der Waals surface area contributed by atoms with Crippen LogP contribution in [0.5, 0.6) is 0 Å². The number of hydrogen-bond acceptors (Lipinski definition) is 7. The number of hydrogen-bond donors (Lipinski definition) is 1. The van der Waals surface area contributed by atoms with Crippen LogP contribution in [0.4, 0.5) is 0 Å². The van der Waals surface area contributed by atoms with E-state index in [2.05, 4.69) is 80.7 Å². The molecule has 0 amide bonds. The number of phosphoric ester groups is 1. The van der Waals surface area contributed by atoms with Gasteiger partial charge in [-0.1, -0.05) is 151 Å². The van der Waals surface area contributed by atoms with Crippen LogP contribution in [0.3, 0.4) is 0 Å². The molecule has 2 atom stereocenters. The molecule has 0 fully saturated rings. The molecule has 10 heteroatoms. The fraction of sp³-hybridized carbons (Fsp3) is 0.708. The molecule has 1 unspecified atom stereocenters. The molecule has 9 nitrogen and oxygen atoms in total. The maximum absolute atomic E-state index is 12.7. The Bertz CT molecular complexity index is 1220. The molecular formula is C48H85NO8P+. The zero-order valence-electron chi connectivity index (χ0n) is 37.5. The van der Waals surface area contributed by atoms with Gasteiger partial charge in [0.25, 0.3) is 0 Å². The molecule has 0 aromatic heterocycles. The molecule has 0 spiro atoms. The first-order chi connectivity index (χ1) is 28.0. The Labute approximate surface area is 355 Å². The molecule has 0 aromatic carbocycles. The van der Waals surface area contributed by atoms with Crippen molar-refractivity contribution < 1.29 is 42.1 Å². The van der Waals surface area contributed by atoms with Crippen molar-refractivity contribution in [1.82, 2.24) is 0 Å². The van der Waals surface area contributed by atoms with E-state index in [-0.39, 0.29) is 26.1 Å². The Morgan fingerprint density at radius 1 is 0.534 bits per heavy atom. The van der Waals surface area contributed by atoms with Crippen LogP contribution in [0.15, 0.2) is 72.9 Å². The molecule has 334 valence electrons. The highest BCUT2D eigenvalue weighted by Crippen LogP contribution is 2.43. The van der Waals surface area contributed by atoms with Crippen molar-refractivity contribution in [3.63, 3.8) is 0 Å². The zero-order valence-corrected chi connectivity index (χ0v) is 38.4. The lowest BCUT2D eigenvalue weighted by Gasteiger charge is -2.24. The topological polar surface area (TPSA) is 108 Å². The molecule has 0 saturated heterocycles. The number of ether oxygens (including phenoxy) is 2. The lowest BCUT2D eigenvalue weighted by atomic mass is 10.1. The Kier molecular flexibility index (Phi) is 38.1. The van der Waals surface area contributed by atoms with Crippen molar-refractivity contribution >= 4 is 19.8 Å². The van der Waals surface area contributed by atoms with Gasteiger partial charge in [-0.25, -0.2) is 4.57 Å². The standard InChI is InChI=1S/C48H84NO8P/c1-6-8-10-12-14-16-18-20-22-24-26-28-30-32-34-36-38-40-47(50)54-44-46(45-56-58(52,53)55-43-42-49(3,4)5)57-48(51)41-39-37-35-33-31-29-27-25-23-21-19-17-15-13-11-9-7-2/h20-23,26-29,32-35,46H,6-19,24-25,30-31,36-45H2,1-5H3/p+1/b22-20+,23-21+,28-26+,29-27+,34-32+,35-33+/t46-/m1/s1. The Morgan fingerprint density at radius 3 is 1.38 bits per heavy atom. The molecule has 0 radical (unpaired) electrons. The molecule has 0 aliphatic carbocycles. The molecule has 1 N–H and O–H groups in total. The SMILES string of the molecule is CCCCCCCC/C=C/C/C=C/C/C=C/CCCC(=O)OC[C@H](COP(=O)(O)OCC[N+](C)(C)C)OC(=O)CCC/C=C/C/C=C/C/C=C/CCCCCCCC. The molecule has 0 aromatic rings. The Balaban J connectivity index is 4.53. The van der Waals surface area contributed by atoms with Crippen LogP contribution in [0.25, 0.3) is 0 Å². The van der Waals surface area contributed by atoms with Crippen LogP contribution in [0, 0.1) is 0 Å². The van der Waals surface area contributed by atoms with E-state index in [4.69, 9.17) is 18.5 Å². The number of likely N-dealkylation sites (N-methyl/N-ethyl adjacent to an activating group) is 1. The van der Waals surface area contributed by atoms with E-state index in [1.54, 1.807) is 0 Å². The molecule has 0 aliphatic rings. The van der Waals surface area contributed by atoms with Crippen LogP contribution in [0.1, 0.15) is 168 Å². The summed E-state index contributed by atoms with van der Waals surface area (Å²) in [5.41, 5.74) is 0. The summed E-state index contributed by atoms with van der Waals surface area (Å²) in [5, 5.41) is 0. The number of nitrogens with zero attached hydrogens (tertiary/aromatic N) is 1. The van der Waals surface area contributed by atoms with E-state index in [1.165, 1.54) is 77.0 Å². The monoisotopic (exact) mass is 835 g/mol. The minimum Gasteiger partial charge on any atom is -0.462 e. The average molecular weight is 835 g/mol. The molecule has 0 heterocycles. The van der Waals surface area contributed by atoms with Crippen molar-refractivity contribution in [1.29, 1.82) is 0 Å². The number of carbonyl (C=O) groups excluding carboxylic acids is 2. The van der Waals surface area contributed by atoms with E-state index in [0.717, 1.165) is 44.9 Å². The number of carbonyl (C=O) groups is 2. The van der Waals surface area contributed by atoms with Crippen molar-refractivity contribution in [3.05, 3.63) is 72.9 Å². The van der Waals surface area contributed by atoms with Gasteiger partial charge in [-0.2, -0.15) is 0 Å². The van der Waals surface area contributed by atoms with Gasteiger partial charge < -0.3 is 18.9 Å². The predicted molar refractivity (Wildman–Crippen MR) is 242 cm³/mol. The molecule has 0 bridgehead atoms. The van der Waals surface area contributed by atoms with Crippen molar-refractivity contribution in [2.24, 2.45) is 0 Å². The number of phosphoric acid groups is 1. The van der Waals surface area contributed by atoms with Gasteiger partial charge in [0.2, 0.25) is 0 Å². The van der Waals surface area contributed by atoms with Crippen molar-refractivity contribution in [2.75, 3.05) is 47.5 Å². The maximum atomic E-state index is 12.7. The highest BCUT2D eigenvalue weighted by molar-refractivity contribution is 7.47. The normalized spacial score (nSPS) is 14.2. The highest BCUT2D eigenvalue weighted by Gasteiger charge is 2.27. The lowest BCUT2D eigenvalue weighted by molar-refractivity contribution is -0.870. The van der Waals surface area contributed by atoms with Crippen molar-refractivity contribution in [2.45, 2.75) is 174 Å². The number of quaternary nitrogens is 1. The van der Waals surface area contributed by atoms with Gasteiger partial charge in [0, 0.05) is 12.8 Å². The summed E-state index contributed by atoms with van der Waals surface area (Å²) in [7, 11) is 1.41. The second-order valence-electron chi connectivity index (χ2n) is 16.1. The Morgan fingerprint density at radius 2 is 0.931 bits per heavy atom. The molecule has 0 aliphatic heterocycles. The quantitative estimate of drug-likeness (QED) is 0.0214. The van der Waals surface area contributed by atoms with Crippen LogP contribution < -0.4 is 0 Å². The summed E-state index contributed by atoms with van der Waals surface area (Å²) >= 11 is 0. The number of esters is 2. The second kappa shape index (κ2) is 39.9. The highest BCUT2D eigenvalue weighted by atomic mass is 31.2. The van der Waals surface area contributed by atoms with Gasteiger partial charge >= 0.3 is 19.8 Å². The molecule has 0 rings (SSSR count). The predicted octanol–water partition coefficient (Wildman–Crippen LogP) is 13.0. The van der Waals surface area contributed by atoms with Gasteiger partial charge in [0.1, 0.15) is 19.8 Å². The number of unbranched alkanes of at least 4 members (excludes halogenated alkanes) is 14. The van der Waals surface area contributed by atoms with Crippen LogP contribution in [-0.4, -0.2) is 74.9 Å². The third-order valence-corrected chi connectivity index (χ3v) is 10.2. The van der Waals surface area contributed by atoms with E-state index < -0.39 is 32.5 Å². The van der Waals surface area contributed by atoms with Crippen molar-refractivity contribution in [3.8, 4) is 0 Å². The smallest absolute Gasteiger partial charge is 0.462 e.